The Hall–Kier alpha value is -3.70. The second kappa shape index (κ2) is 11.4. The highest BCUT2D eigenvalue weighted by atomic mass is 31.1. The average molecular weight is 481 g/mol. The minimum atomic E-state index is -2.78. The average Bonchev–Trinajstić information content (AvgIpc) is 2.88. The second-order valence-corrected chi connectivity index (χ2v) is 8.43. The van der Waals surface area contributed by atoms with Crippen molar-refractivity contribution in [2.75, 3.05) is 27.4 Å². The molecule has 0 saturated heterocycles. The van der Waals surface area contributed by atoms with Gasteiger partial charge in [-0.15, -0.1) is 0 Å². The minimum absolute atomic E-state index is 0.0263. The molecular weight excluding hydrogens is 455 g/mol. The van der Waals surface area contributed by atoms with Crippen molar-refractivity contribution in [1.82, 2.24) is 0 Å². The van der Waals surface area contributed by atoms with Crippen LogP contribution in [0.3, 0.4) is 0 Å². The van der Waals surface area contributed by atoms with Gasteiger partial charge in [0.15, 0.2) is 22.8 Å². The Morgan fingerprint density at radius 2 is 1.38 bits per heavy atom. The summed E-state index contributed by atoms with van der Waals surface area (Å²) in [5.41, 5.74) is -0.0602. The molecule has 3 rings (SSSR count). The molecule has 0 aromatic heterocycles. The Balaban J connectivity index is 2.22. The summed E-state index contributed by atoms with van der Waals surface area (Å²) in [4.78, 5) is 26.8. The van der Waals surface area contributed by atoms with Gasteiger partial charge in [-0.1, -0.05) is 41.0 Å². The van der Waals surface area contributed by atoms with E-state index in [4.69, 9.17) is 18.9 Å². The molecule has 0 spiro atoms. The summed E-state index contributed by atoms with van der Waals surface area (Å²) in [5, 5.41) is 0.0263. The Kier molecular flexibility index (Phi) is 8.39. The fourth-order valence-electron chi connectivity index (χ4n) is 3.50. The van der Waals surface area contributed by atoms with Gasteiger partial charge < -0.3 is 18.9 Å². The van der Waals surface area contributed by atoms with Gasteiger partial charge in [0.05, 0.1) is 33.0 Å². The van der Waals surface area contributed by atoms with Gasteiger partial charge in [0, 0.05) is 5.56 Å². The van der Waals surface area contributed by atoms with Crippen LogP contribution in [0.25, 0.3) is 0 Å². The third-order valence-corrected chi connectivity index (χ3v) is 6.42. The van der Waals surface area contributed by atoms with Gasteiger partial charge in [-0.05, 0) is 38.1 Å². The van der Waals surface area contributed by atoms with Crippen molar-refractivity contribution in [3.63, 3.8) is 0 Å². The molecule has 8 heteroatoms. The predicted molar refractivity (Wildman–Crippen MR) is 130 cm³/mol. The number of ether oxygens (including phenoxy) is 4. The molecule has 0 aliphatic heterocycles. The molecule has 1 unspecified atom stereocenters. The largest absolute Gasteiger partial charge is 0.496 e. The molecule has 1 atom stereocenters. The number of methoxy groups -OCH3 is 2. The topological polar surface area (TPSA) is 88.1 Å². The van der Waals surface area contributed by atoms with Crippen molar-refractivity contribution < 1.29 is 33.1 Å². The molecule has 0 amide bonds. The molecule has 0 fully saturated rings. The first-order valence-electron chi connectivity index (χ1n) is 10.7. The molecule has 7 nitrogen and oxygen atoms in total. The van der Waals surface area contributed by atoms with Crippen molar-refractivity contribution in [3.05, 3.63) is 77.4 Å². The molecule has 0 aliphatic carbocycles. The van der Waals surface area contributed by atoms with Crippen LogP contribution in [0.15, 0.2) is 60.7 Å². The highest BCUT2D eigenvalue weighted by molar-refractivity contribution is 7.72. The lowest BCUT2D eigenvalue weighted by molar-refractivity contribution is 0.103. The van der Waals surface area contributed by atoms with Crippen molar-refractivity contribution >= 4 is 24.4 Å². The van der Waals surface area contributed by atoms with Crippen LogP contribution < -0.4 is 24.3 Å². The van der Waals surface area contributed by atoms with E-state index in [1.165, 1.54) is 20.3 Å². The molecule has 3 aromatic rings. The van der Waals surface area contributed by atoms with Crippen LogP contribution >= 0.6 is 7.80 Å². The number of rotatable bonds is 11. The zero-order valence-corrected chi connectivity index (χ0v) is 20.4. The Morgan fingerprint density at radius 1 is 0.765 bits per heavy atom. The molecule has 0 bridgehead atoms. The van der Waals surface area contributed by atoms with Gasteiger partial charge in [0.25, 0.3) is 5.30 Å². The lowest BCUT2D eigenvalue weighted by atomic mass is 10.0. The van der Waals surface area contributed by atoms with E-state index >= 15 is 0 Å². The predicted octanol–water partition coefficient (Wildman–Crippen LogP) is 5.03. The summed E-state index contributed by atoms with van der Waals surface area (Å²) in [7, 11) is 0.0408. The fourth-order valence-corrected chi connectivity index (χ4v) is 4.83. The number of hydrogen-bond acceptors (Lipinski definition) is 7. The van der Waals surface area contributed by atoms with E-state index in [0.717, 1.165) is 0 Å². The van der Waals surface area contributed by atoms with E-state index in [0.29, 0.717) is 5.56 Å². The monoisotopic (exact) mass is 481 g/mol. The lowest BCUT2D eigenvalue weighted by Crippen LogP contribution is -2.18. The first-order valence-corrected chi connectivity index (χ1v) is 12.0. The molecule has 0 N–H and O–H groups in total. The summed E-state index contributed by atoms with van der Waals surface area (Å²) < 4.78 is 36.0. The summed E-state index contributed by atoms with van der Waals surface area (Å²) in [5.74, 6) is 0.392. The number of ketones is 1. The van der Waals surface area contributed by atoms with E-state index in [1.54, 1.807) is 68.4 Å². The quantitative estimate of drug-likeness (QED) is 0.281. The Morgan fingerprint density at radius 3 is 1.94 bits per heavy atom. The van der Waals surface area contributed by atoms with Gasteiger partial charge in [-0.2, -0.15) is 0 Å². The van der Waals surface area contributed by atoms with Crippen LogP contribution in [-0.4, -0.2) is 38.7 Å². The van der Waals surface area contributed by atoms with Crippen LogP contribution in [0.4, 0.5) is 0 Å². The van der Waals surface area contributed by atoms with Gasteiger partial charge in [0.1, 0.15) is 11.5 Å². The standard InChI is InChI=1S/C26H26O7P/c1-5-32-21-16-15-18(23(27)17-11-8-7-9-12-17)24(33-6-2)25(21)34(29)26(28)22-19(30-3)13-10-14-20(22)31-4/h7-16H,5-6H2,1-4H3/q+1. The van der Waals surface area contributed by atoms with Crippen LogP contribution in [0.5, 0.6) is 23.0 Å². The zero-order valence-electron chi connectivity index (χ0n) is 19.5. The SMILES string of the molecule is CCOc1ccc(C(=O)c2ccccc2)c(OCC)c1[P+](=O)C(=O)c1c(OC)cccc1OC. The summed E-state index contributed by atoms with van der Waals surface area (Å²) in [6, 6.07) is 16.6. The first-order chi connectivity index (χ1) is 16.5. The normalized spacial score (nSPS) is 10.9. The van der Waals surface area contributed by atoms with E-state index in [1.807, 2.05) is 0 Å². The van der Waals surface area contributed by atoms with E-state index in [-0.39, 0.29) is 58.4 Å². The van der Waals surface area contributed by atoms with Gasteiger partial charge in [-0.3, -0.25) is 4.79 Å². The second-order valence-electron chi connectivity index (χ2n) is 6.99. The number of benzene rings is 3. The van der Waals surface area contributed by atoms with E-state index < -0.39 is 13.3 Å². The molecule has 176 valence electrons. The maximum Gasteiger partial charge on any atom is 0.466 e. The summed E-state index contributed by atoms with van der Waals surface area (Å²) in [6.07, 6.45) is 0. The van der Waals surface area contributed by atoms with Gasteiger partial charge >= 0.3 is 13.3 Å². The third kappa shape index (κ3) is 4.95. The van der Waals surface area contributed by atoms with Crippen LogP contribution in [0.1, 0.15) is 40.1 Å². The Labute approximate surface area is 199 Å². The number of hydrogen-bond donors (Lipinski definition) is 0. The Bertz CT molecular complexity index is 1180. The van der Waals surface area contributed by atoms with Gasteiger partial charge in [-0.25, -0.2) is 4.79 Å². The molecule has 0 aliphatic rings. The third-order valence-electron chi connectivity index (χ3n) is 4.99. The summed E-state index contributed by atoms with van der Waals surface area (Å²) in [6.45, 7) is 3.96. The van der Waals surface area contributed by atoms with E-state index in [2.05, 4.69) is 0 Å². The number of carbonyl (C=O) groups is 2. The first kappa shape index (κ1) is 24.9. The van der Waals surface area contributed by atoms with Crippen LogP contribution in [0.2, 0.25) is 0 Å². The molecular formula is C26H26O7P+. The maximum absolute atomic E-state index is 13.8. The molecule has 0 heterocycles. The maximum atomic E-state index is 13.8. The lowest BCUT2D eigenvalue weighted by Gasteiger charge is -2.13. The fraction of sp³-hybridized carbons (Fsp3) is 0.231. The molecule has 0 radical (unpaired) electrons. The van der Waals surface area contributed by atoms with Crippen LogP contribution in [-0.2, 0) is 4.57 Å². The number of carbonyl (C=O) groups excluding carboxylic acids is 2. The van der Waals surface area contributed by atoms with Gasteiger partial charge in [0.2, 0.25) is 0 Å². The van der Waals surface area contributed by atoms with Crippen molar-refractivity contribution in [1.29, 1.82) is 0 Å². The smallest absolute Gasteiger partial charge is 0.466 e. The van der Waals surface area contributed by atoms with Crippen LogP contribution in [0, 0.1) is 0 Å². The minimum Gasteiger partial charge on any atom is -0.496 e. The highest BCUT2D eigenvalue weighted by Crippen LogP contribution is 2.42. The zero-order chi connectivity index (χ0) is 24.7. The van der Waals surface area contributed by atoms with Crippen molar-refractivity contribution in [2.45, 2.75) is 13.8 Å². The van der Waals surface area contributed by atoms with Crippen molar-refractivity contribution in [3.8, 4) is 23.0 Å². The highest BCUT2D eigenvalue weighted by Gasteiger charge is 2.44. The summed E-state index contributed by atoms with van der Waals surface area (Å²) >= 11 is 0. The molecule has 34 heavy (non-hydrogen) atoms. The van der Waals surface area contributed by atoms with Crippen molar-refractivity contribution in [2.24, 2.45) is 0 Å². The molecule has 3 aromatic carbocycles. The molecule has 0 saturated carbocycles. The van der Waals surface area contributed by atoms with E-state index in [9.17, 15) is 14.2 Å².